The van der Waals surface area contributed by atoms with Crippen LogP contribution in [0, 0.1) is 3.95 Å². The summed E-state index contributed by atoms with van der Waals surface area (Å²) in [7, 11) is 0. The van der Waals surface area contributed by atoms with Crippen molar-refractivity contribution in [1.82, 2.24) is 4.57 Å². The summed E-state index contributed by atoms with van der Waals surface area (Å²) in [6.45, 7) is 0.619. The molecular formula is C14H13ClN2OS2. The molecule has 0 amide bonds. The van der Waals surface area contributed by atoms with Gasteiger partial charge in [0.1, 0.15) is 5.75 Å². The van der Waals surface area contributed by atoms with E-state index in [2.05, 4.69) is 22.0 Å². The molecule has 0 saturated heterocycles. The van der Waals surface area contributed by atoms with Gasteiger partial charge in [0, 0.05) is 5.69 Å². The van der Waals surface area contributed by atoms with Gasteiger partial charge in [0.2, 0.25) is 0 Å². The lowest BCUT2D eigenvalue weighted by atomic mass is 10.3. The summed E-state index contributed by atoms with van der Waals surface area (Å²) in [5.74, 6) is 0.267. The number of aromatic hydroxyl groups is 1. The highest BCUT2D eigenvalue weighted by Gasteiger charge is 2.03. The number of para-hydroxylation sites is 1. The molecule has 3 rings (SSSR count). The number of rotatable bonds is 3. The van der Waals surface area contributed by atoms with Crippen molar-refractivity contribution in [3.05, 3.63) is 52.5 Å². The summed E-state index contributed by atoms with van der Waals surface area (Å²) < 4.78 is 4.12. The van der Waals surface area contributed by atoms with E-state index < -0.39 is 0 Å². The first-order valence-electron chi connectivity index (χ1n) is 5.85. The van der Waals surface area contributed by atoms with Gasteiger partial charge in [0.15, 0.2) is 3.95 Å². The minimum atomic E-state index is 0. The predicted octanol–water partition coefficient (Wildman–Crippen LogP) is 4.63. The molecule has 3 nitrogen and oxygen atoms in total. The van der Waals surface area contributed by atoms with Crippen LogP contribution in [0.2, 0.25) is 0 Å². The van der Waals surface area contributed by atoms with Gasteiger partial charge in [0.25, 0.3) is 0 Å². The van der Waals surface area contributed by atoms with Gasteiger partial charge in [-0.15, -0.1) is 23.7 Å². The summed E-state index contributed by atoms with van der Waals surface area (Å²) in [5.41, 5.74) is 2.10. The standard InChI is InChI=1S/C14H12N2OS2.ClH/c17-11-7-5-10(6-8-11)15-9-16-12-3-1-2-4-13(12)19-14(16)18;/h1-8,15,17H,9H2;1H. The molecular weight excluding hydrogens is 312 g/mol. The zero-order valence-electron chi connectivity index (χ0n) is 10.4. The Bertz CT molecular complexity index is 765. The fraction of sp³-hybridized carbons (Fsp3) is 0.0714. The van der Waals surface area contributed by atoms with Crippen molar-refractivity contribution in [2.24, 2.45) is 0 Å². The van der Waals surface area contributed by atoms with Gasteiger partial charge in [0.05, 0.1) is 16.9 Å². The van der Waals surface area contributed by atoms with E-state index in [1.165, 1.54) is 4.70 Å². The number of nitrogens with one attached hydrogen (secondary N) is 1. The van der Waals surface area contributed by atoms with Gasteiger partial charge in [-0.05, 0) is 48.6 Å². The largest absolute Gasteiger partial charge is 0.508 e. The van der Waals surface area contributed by atoms with Gasteiger partial charge >= 0.3 is 0 Å². The van der Waals surface area contributed by atoms with E-state index in [-0.39, 0.29) is 18.2 Å². The van der Waals surface area contributed by atoms with Gasteiger partial charge in [-0.2, -0.15) is 0 Å². The maximum atomic E-state index is 9.25. The van der Waals surface area contributed by atoms with E-state index in [4.69, 9.17) is 12.2 Å². The molecule has 0 saturated carbocycles. The van der Waals surface area contributed by atoms with Crippen LogP contribution >= 0.6 is 36.0 Å². The number of aromatic nitrogens is 1. The Balaban J connectivity index is 0.00000147. The molecule has 1 aromatic heterocycles. The lowest BCUT2D eigenvalue weighted by Gasteiger charge is -2.08. The Morgan fingerprint density at radius 1 is 1.10 bits per heavy atom. The second-order valence-electron chi connectivity index (χ2n) is 4.15. The van der Waals surface area contributed by atoms with Crippen molar-refractivity contribution in [2.45, 2.75) is 6.67 Å². The molecule has 0 bridgehead atoms. The summed E-state index contributed by atoms with van der Waals surface area (Å²) in [6, 6.07) is 15.2. The van der Waals surface area contributed by atoms with Crippen LogP contribution < -0.4 is 5.32 Å². The number of hydrogen-bond acceptors (Lipinski definition) is 4. The lowest BCUT2D eigenvalue weighted by molar-refractivity contribution is 0.475. The summed E-state index contributed by atoms with van der Waals surface area (Å²) >= 11 is 7.00. The van der Waals surface area contributed by atoms with Crippen molar-refractivity contribution < 1.29 is 5.11 Å². The fourth-order valence-corrected chi connectivity index (χ4v) is 3.24. The molecule has 1 heterocycles. The molecule has 0 aliphatic heterocycles. The number of phenolic OH excluding ortho intramolecular Hbond substituents is 1. The molecule has 0 radical (unpaired) electrons. The second-order valence-corrected chi connectivity index (χ2v) is 5.82. The number of phenols is 1. The number of hydrogen-bond donors (Lipinski definition) is 2. The predicted molar refractivity (Wildman–Crippen MR) is 89.6 cm³/mol. The first kappa shape index (κ1) is 14.8. The molecule has 0 spiro atoms. The third kappa shape index (κ3) is 2.95. The number of thiazole rings is 1. The van der Waals surface area contributed by atoms with Gasteiger partial charge in [-0.25, -0.2) is 0 Å². The molecule has 0 unspecified atom stereocenters. The molecule has 2 aromatic carbocycles. The van der Waals surface area contributed by atoms with Gasteiger partial charge in [-0.1, -0.05) is 12.1 Å². The number of nitrogens with zero attached hydrogens (tertiary/aromatic N) is 1. The van der Waals surface area contributed by atoms with Crippen LogP contribution in [0.25, 0.3) is 10.2 Å². The zero-order valence-corrected chi connectivity index (χ0v) is 12.9. The summed E-state index contributed by atoms with van der Waals surface area (Å²) in [4.78, 5) is 0. The van der Waals surface area contributed by atoms with Crippen LogP contribution in [-0.4, -0.2) is 9.67 Å². The molecule has 2 N–H and O–H groups in total. The van der Waals surface area contributed by atoms with Crippen LogP contribution in [0.1, 0.15) is 0 Å². The van der Waals surface area contributed by atoms with E-state index in [1.54, 1.807) is 23.5 Å². The van der Waals surface area contributed by atoms with E-state index in [1.807, 2.05) is 24.3 Å². The van der Waals surface area contributed by atoms with Crippen LogP contribution in [0.3, 0.4) is 0 Å². The van der Waals surface area contributed by atoms with Crippen molar-refractivity contribution in [1.29, 1.82) is 0 Å². The Morgan fingerprint density at radius 2 is 1.80 bits per heavy atom. The summed E-state index contributed by atoms with van der Waals surface area (Å²) in [6.07, 6.45) is 0. The fourth-order valence-electron chi connectivity index (χ4n) is 1.91. The average Bonchev–Trinajstić information content (AvgIpc) is 2.74. The number of halogens is 1. The third-order valence-electron chi connectivity index (χ3n) is 2.88. The smallest absolute Gasteiger partial charge is 0.163 e. The zero-order chi connectivity index (χ0) is 13.2. The van der Waals surface area contributed by atoms with Crippen LogP contribution in [0.4, 0.5) is 5.69 Å². The van der Waals surface area contributed by atoms with Crippen molar-refractivity contribution in [3.8, 4) is 5.75 Å². The highest BCUT2D eigenvalue weighted by Crippen LogP contribution is 2.23. The Hall–Kier alpha value is -1.56. The van der Waals surface area contributed by atoms with Crippen molar-refractivity contribution in [3.63, 3.8) is 0 Å². The van der Waals surface area contributed by atoms with E-state index >= 15 is 0 Å². The molecule has 0 aliphatic rings. The molecule has 0 aliphatic carbocycles. The second kappa shape index (κ2) is 6.26. The number of anilines is 1. The highest BCUT2D eigenvalue weighted by molar-refractivity contribution is 7.73. The van der Waals surface area contributed by atoms with E-state index in [0.29, 0.717) is 6.67 Å². The maximum Gasteiger partial charge on any atom is 0.163 e. The average molecular weight is 325 g/mol. The Morgan fingerprint density at radius 3 is 2.55 bits per heavy atom. The lowest BCUT2D eigenvalue weighted by Crippen LogP contribution is -2.07. The van der Waals surface area contributed by atoms with Crippen LogP contribution in [0.5, 0.6) is 5.75 Å². The summed E-state index contributed by atoms with van der Waals surface area (Å²) in [5, 5.41) is 12.5. The molecule has 20 heavy (non-hydrogen) atoms. The van der Waals surface area contributed by atoms with Crippen molar-refractivity contribution >= 4 is 51.9 Å². The molecule has 0 atom stereocenters. The van der Waals surface area contributed by atoms with E-state index in [9.17, 15) is 5.11 Å². The van der Waals surface area contributed by atoms with Crippen molar-refractivity contribution in [2.75, 3.05) is 5.32 Å². The molecule has 0 fully saturated rings. The maximum absolute atomic E-state index is 9.25. The SMILES string of the molecule is Cl.Oc1ccc(NCn2c(=S)sc3ccccc32)cc1. The third-order valence-corrected chi connectivity index (χ3v) is 4.31. The van der Waals surface area contributed by atoms with Crippen LogP contribution in [-0.2, 0) is 6.67 Å². The van der Waals surface area contributed by atoms with E-state index in [0.717, 1.165) is 15.2 Å². The minimum Gasteiger partial charge on any atom is -0.508 e. The Kier molecular flexibility index (Phi) is 4.65. The number of benzene rings is 2. The Labute approximate surface area is 131 Å². The molecule has 3 aromatic rings. The molecule has 6 heteroatoms. The van der Waals surface area contributed by atoms with Crippen LogP contribution in [0.15, 0.2) is 48.5 Å². The topological polar surface area (TPSA) is 37.2 Å². The number of fused-ring (bicyclic) bond motifs is 1. The monoisotopic (exact) mass is 324 g/mol. The first-order valence-corrected chi connectivity index (χ1v) is 7.08. The normalized spacial score (nSPS) is 10.2. The quantitative estimate of drug-likeness (QED) is 0.545. The van der Waals surface area contributed by atoms with Gasteiger partial charge < -0.3 is 15.0 Å². The first-order chi connectivity index (χ1) is 9.24. The molecule has 104 valence electrons. The van der Waals surface area contributed by atoms with Gasteiger partial charge in [-0.3, -0.25) is 0 Å². The minimum absolute atomic E-state index is 0. The highest BCUT2D eigenvalue weighted by atomic mass is 35.5.